The minimum atomic E-state index is -0.418. The molecule has 1 aromatic carbocycles. The molecule has 2 atom stereocenters. The predicted octanol–water partition coefficient (Wildman–Crippen LogP) is 3.18. The number of carbonyl (C=O) groups is 1. The van der Waals surface area contributed by atoms with Gasteiger partial charge in [-0.05, 0) is 42.6 Å². The molecule has 0 spiro atoms. The number of nitrogens with zero attached hydrogens (tertiary/aromatic N) is 3. The van der Waals surface area contributed by atoms with Gasteiger partial charge in [-0.15, -0.1) is 0 Å². The van der Waals surface area contributed by atoms with Crippen molar-refractivity contribution in [1.29, 1.82) is 0 Å². The summed E-state index contributed by atoms with van der Waals surface area (Å²) < 4.78 is 18.5. The van der Waals surface area contributed by atoms with Crippen LogP contribution in [0.15, 0.2) is 42.6 Å². The van der Waals surface area contributed by atoms with Crippen molar-refractivity contribution in [2.24, 2.45) is 0 Å². The number of benzene rings is 1. The van der Waals surface area contributed by atoms with Gasteiger partial charge in [0.2, 0.25) is 5.28 Å². The van der Waals surface area contributed by atoms with Crippen molar-refractivity contribution in [3.05, 3.63) is 53.4 Å². The van der Waals surface area contributed by atoms with Gasteiger partial charge in [0.1, 0.15) is 17.7 Å². The molecule has 0 radical (unpaired) electrons. The molecule has 1 saturated heterocycles. The average molecular weight is 403 g/mol. The first-order valence-corrected chi connectivity index (χ1v) is 9.24. The monoisotopic (exact) mass is 402 g/mol. The molecule has 1 aliphatic rings. The Bertz CT molecular complexity index is 979. The highest BCUT2D eigenvalue weighted by atomic mass is 35.5. The van der Waals surface area contributed by atoms with Crippen LogP contribution in [0.3, 0.4) is 0 Å². The number of fused-ring (bicyclic) bond motifs is 1. The van der Waals surface area contributed by atoms with Crippen LogP contribution < -0.4 is 5.73 Å². The molecule has 2 N–H and O–H groups in total. The number of aromatic nitrogens is 3. The van der Waals surface area contributed by atoms with Crippen molar-refractivity contribution < 1.29 is 19.0 Å². The second kappa shape index (κ2) is 8.14. The minimum absolute atomic E-state index is 0.100. The van der Waals surface area contributed by atoms with Crippen LogP contribution in [0, 0.1) is 0 Å². The number of carbonyl (C=O) groups excluding carboxylic acids is 1. The quantitative estimate of drug-likeness (QED) is 0.292. The van der Waals surface area contributed by atoms with Gasteiger partial charge < -0.3 is 24.5 Å². The topological polar surface area (TPSA) is 101 Å². The molecule has 8 nitrogen and oxygen atoms in total. The highest BCUT2D eigenvalue weighted by molar-refractivity contribution is 6.28. The lowest BCUT2D eigenvalue weighted by atomic mass is 10.2. The van der Waals surface area contributed by atoms with Crippen LogP contribution in [0.25, 0.3) is 11.0 Å². The first-order valence-electron chi connectivity index (χ1n) is 8.87. The lowest BCUT2D eigenvalue weighted by molar-refractivity contribution is -0.0815. The van der Waals surface area contributed by atoms with Gasteiger partial charge in [0.05, 0.1) is 23.7 Å². The molecule has 0 aliphatic carbocycles. The van der Waals surface area contributed by atoms with Gasteiger partial charge in [0.15, 0.2) is 6.79 Å². The molecule has 3 heterocycles. The van der Waals surface area contributed by atoms with Gasteiger partial charge in [-0.1, -0.05) is 18.2 Å². The first kappa shape index (κ1) is 18.7. The highest BCUT2D eigenvalue weighted by Gasteiger charge is 2.28. The van der Waals surface area contributed by atoms with Crippen LogP contribution in [-0.2, 0) is 14.2 Å². The Morgan fingerprint density at radius 2 is 2.07 bits per heavy atom. The van der Waals surface area contributed by atoms with Crippen molar-refractivity contribution in [3.8, 4) is 0 Å². The summed E-state index contributed by atoms with van der Waals surface area (Å²) in [6.07, 6.45) is 3.17. The Balaban J connectivity index is 1.29. The molecule has 1 fully saturated rings. The average Bonchev–Trinajstić information content (AvgIpc) is 3.32. The number of rotatable bonds is 6. The predicted molar refractivity (Wildman–Crippen MR) is 103 cm³/mol. The summed E-state index contributed by atoms with van der Waals surface area (Å²) in [7, 11) is 0. The van der Waals surface area contributed by atoms with E-state index in [1.165, 1.54) is 0 Å². The molecule has 2 aromatic heterocycles. The van der Waals surface area contributed by atoms with Crippen molar-refractivity contribution in [3.63, 3.8) is 0 Å². The fourth-order valence-electron chi connectivity index (χ4n) is 3.21. The zero-order valence-corrected chi connectivity index (χ0v) is 15.7. The Morgan fingerprint density at radius 3 is 2.89 bits per heavy atom. The molecule has 1 aliphatic heterocycles. The van der Waals surface area contributed by atoms with Crippen LogP contribution in [0.5, 0.6) is 0 Å². The molecule has 28 heavy (non-hydrogen) atoms. The molecule has 1 unspecified atom stereocenters. The fourth-order valence-corrected chi connectivity index (χ4v) is 3.38. The molecule has 9 heteroatoms. The number of ether oxygens (including phenoxy) is 3. The molecule has 3 aromatic rings. The Kier molecular flexibility index (Phi) is 5.43. The van der Waals surface area contributed by atoms with Gasteiger partial charge in [-0.25, -0.2) is 9.78 Å². The summed E-state index contributed by atoms with van der Waals surface area (Å²) in [6.45, 7) is 0.208. The summed E-state index contributed by atoms with van der Waals surface area (Å²) in [5, 5.41) is 0.837. The van der Waals surface area contributed by atoms with Crippen LogP contribution in [0.2, 0.25) is 5.28 Å². The number of anilines is 1. The van der Waals surface area contributed by atoms with E-state index in [4.69, 9.17) is 31.5 Å². The third-order valence-corrected chi connectivity index (χ3v) is 4.73. The number of nitrogen functional groups attached to an aromatic ring is 1. The minimum Gasteiger partial charge on any atom is -0.435 e. The second-order valence-corrected chi connectivity index (χ2v) is 6.75. The van der Waals surface area contributed by atoms with E-state index in [1.54, 1.807) is 24.3 Å². The van der Waals surface area contributed by atoms with E-state index >= 15 is 0 Å². The highest BCUT2D eigenvalue weighted by Crippen LogP contribution is 2.32. The van der Waals surface area contributed by atoms with E-state index in [-0.39, 0.29) is 24.4 Å². The Labute approximate surface area is 166 Å². The standard InChI is InChI=1S/C19H19ClN4O4/c20-19-22-16(21)14-8-9-24(17(14)23-19)15-7-6-13(28-15)10-26-11-27-18(25)12-4-2-1-3-5-12/h1-5,8-9,13,15H,6-7,10-11H2,(H2,21,22,23)/t13-,15?/m0/s1. The normalized spacial score (nSPS) is 19.2. The van der Waals surface area contributed by atoms with E-state index in [0.29, 0.717) is 23.6 Å². The van der Waals surface area contributed by atoms with Gasteiger partial charge in [-0.3, -0.25) is 0 Å². The summed E-state index contributed by atoms with van der Waals surface area (Å²) in [4.78, 5) is 20.1. The maximum atomic E-state index is 11.9. The third-order valence-electron chi connectivity index (χ3n) is 4.56. The summed E-state index contributed by atoms with van der Waals surface area (Å²) >= 11 is 5.92. The van der Waals surface area contributed by atoms with E-state index in [2.05, 4.69) is 9.97 Å². The number of nitrogens with two attached hydrogens (primary N) is 1. The fraction of sp³-hybridized carbons (Fsp3) is 0.316. The van der Waals surface area contributed by atoms with E-state index in [9.17, 15) is 4.79 Å². The van der Waals surface area contributed by atoms with E-state index in [1.807, 2.05) is 22.9 Å². The molecular weight excluding hydrogens is 384 g/mol. The van der Waals surface area contributed by atoms with Crippen molar-refractivity contribution >= 4 is 34.4 Å². The first-order chi connectivity index (χ1) is 13.6. The number of halogens is 1. The van der Waals surface area contributed by atoms with Crippen LogP contribution in [0.1, 0.15) is 29.4 Å². The van der Waals surface area contributed by atoms with E-state index in [0.717, 1.165) is 18.2 Å². The summed E-state index contributed by atoms with van der Waals surface area (Å²) in [5.74, 6) is -0.0781. The summed E-state index contributed by atoms with van der Waals surface area (Å²) in [5.41, 5.74) is 7.02. The zero-order valence-electron chi connectivity index (χ0n) is 15.0. The second-order valence-electron chi connectivity index (χ2n) is 6.41. The summed E-state index contributed by atoms with van der Waals surface area (Å²) in [6, 6.07) is 10.6. The zero-order chi connectivity index (χ0) is 19.5. The number of hydrogen-bond donors (Lipinski definition) is 1. The number of hydrogen-bond acceptors (Lipinski definition) is 7. The molecule has 146 valence electrons. The molecule has 0 amide bonds. The van der Waals surface area contributed by atoms with Gasteiger partial charge >= 0.3 is 5.97 Å². The Hall–Kier alpha value is -2.68. The van der Waals surface area contributed by atoms with Crippen LogP contribution in [-0.4, -0.2) is 40.0 Å². The van der Waals surface area contributed by atoms with Crippen molar-refractivity contribution in [2.45, 2.75) is 25.2 Å². The molecule has 0 bridgehead atoms. The molecule has 4 rings (SSSR count). The van der Waals surface area contributed by atoms with Gasteiger partial charge in [0, 0.05) is 6.20 Å². The van der Waals surface area contributed by atoms with Gasteiger partial charge in [0.25, 0.3) is 0 Å². The SMILES string of the molecule is Nc1nc(Cl)nc2c1ccn2C1CC[C@@H](COCOC(=O)c2ccccc2)O1. The lowest BCUT2D eigenvalue weighted by Gasteiger charge is -2.16. The maximum absolute atomic E-state index is 11.9. The number of esters is 1. The molecular formula is C19H19ClN4O4. The molecule has 0 saturated carbocycles. The van der Waals surface area contributed by atoms with Crippen molar-refractivity contribution in [2.75, 3.05) is 19.1 Å². The Morgan fingerprint density at radius 1 is 1.25 bits per heavy atom. The largest absolute Gasteiger partial charge is 0.435 e. The van der Waals surface area contributed by atoms with Gasteiger partial charge in [-0.2, -0.15) is 4.98 Å². The smallest absolute Gasteiger partial charge is 0.340 e. The van der Waals surface area contributed by atoms with Crippen molar-refractivity contribution in [1.82, 2.24) is 14.5 Å². The third kappa shape index (κ3) is 3.94. The maximum Gasteiger partial charge on any atom is 0.340 e. The van der Waals surface area contributed by atoms with Crippen LogP contribution in [0.4, 0.5) is 5.82 Å². The van der Waals surface area contributed by atoms with E-state index < -0.39 is 5.97 Å². The van der Waals surface area contributed by atoms with Crippen LogP contribution >= 0.6 is 11.6 Å². The lowest BCUT2D eigenvalue weighted by Crippen LogP contribution is -2.19.